The largest absolute Gasteiger partial charge is 0.506 e. The molecule has 0 spiro atoms. The number of nitrogens with zero attached hydrogens (tertiary/aromatic N) is 1. The Hall–Kier alpha value is -1.17. The first-order chi connectivity index (χ1) is 8.44. The smallest absolute Gasteiger partial charge is 0.138 e. The van der Waals surface area contributed by atoms with E-state index in [0.29, 0.717) is 31.8 Å². The maximum atomic E-state index is 10.0. The number of aryl methyl sites for hydroxylation is 1. The van der Waals surface area contributed by atoms with Crippen LogP contribution in [0.4, 0.5) is 0 Å². The van der Waals surface area contributed by atoms with Gasteiger partial charge in [0, 0.05) is 38.9 Å². The van der Waals surface area contributed by atoms with Crippen LogP contribution in [-0.2, 0) is 11.3 Å². The van der Waals surface area contributed by atoms with Gasteiger partial charge in [-0.1, -0.05) is 0 Å². The molecular formula is C13H22N2O3. The van der Waals surface area contributed by atoms with Crippen molar-refractivity contribution in [1.29, 1.82) is 0 Å². The van der Waals surface area contributed by atoms with Gasteiger partial charge in [0.2, 0.25) is 0 Å². The molecule has 0 aliphatic rings. The fraction of sp³-hybridized carbons (Fsp3) is 0.615. The lowest BCUT2D eigenvalue weighted by Crippen LogP contribution is -2.38. The van der Waals surface area contributed by atoms with Crippen LogP contribution in [0.25, 0.3) is 0 Å². The number of nitrogens with one attached hydrogen (secondary N) is 1. The van der Waals surface area contributed by atoms with Crippen molar-refractivity contribution in [3.05, 3.63) is 23.5 Å². The predicted octanol–water partition coefficient (Wildman–Crippen LogP) is 0.973. The van der Waals surface area contributed by atoms with E-state index >= 15 is 0 Å². The molecule has 1 rings (SSSR count). The number of aromatic nitrogens is 1. The molecule has 1 aromatic heterocycles. The molecule has 0 aliphatic heterocycles. The summed E-state index contributed by atoms with van der Waals surface area (Å²) in [5, 5.41) is 22.7. The van der Waals surface area contributed by atoms with E-state index in [9.17, 15) is 10.2 Å². The Labute approximate surface area is 108 Å². The number of ether oxygens (including phenoxy) is 1. The molecule has 1 heterocycles. The van der Waals surface area contributed by atoms with Crippen LogP contribution in [-0.4, -0.2) is 41.1 Å². The summed E-state index contributed by atoms with van der Waals surface area (Å²) in [6.07, 6.45) is 0.559. The van der Waals surface area contributed by atoms with Crippen LogP contribution in [0, 0.1) is 6.92 Å². The van der Waals surface area contributed by atoms with E-state index < -0.39 is 5.60 Å². The van der Waals surface area contributed by atoms with Crippen molar-refractivity contribution < 1.29 is 14.9 Å². The highest BCUT2D eigenvalue weighted by Crippen LogP contribution is 2.15. The van der Waals surface area contributed by atoms with Crippen LogP contribution in [0.3, 0.4) is 0 Å². The Kier molecular flexibility index (Phi) is 5.53. The SMILES string of the molecule is COCCC(C)(O)CNCc1nc(C)ccc1O. The van der Waals surface area contributed by atoms with E-state index in [1.54, 1.807) is 26.2 Å². The second kappa shape index (κ2) is 6.68. The Morgan fingerprint density at radius 3 is 2.83 bits per heavy atom. The third-order valence-electron chi connectivity index (χ3n) is 2.73. The summed E-state index contributed by atoms with van der Waals surface area (Å²) in [7, 11) is 1.61. The number of aromatic hydroxyl groups is 1. The summed E-state index contributed by atoms with van der Waals surface area (Å²) in [5.41, 5.74) is 0.628. The number of aliphatic hydroxyl groups is 1. The molecule has 0 aromatic carbocycles. The average Bonchev–Trinajstić information content (AvgIpc) is 2.31. The number of methoxy groups -OCH3 is 1. The molecule has 102 valence electrons. The van der Waals surface area contributed by atoms with Gasteiger partial charge in [-0.3, -0.25) is 4.98 Å². The number of rotatable bonds is 7. The monoisotopic (exact) mass is 254 g/mol. The first-order valence-electron chi connectivity index (χ1n) is 6.02. The Morgan fingerprint density at radius 2 is 2.17 bits per heavy atom. The lowest BCUT2D eigenvalue weighted by atomic mass is 10.0. The molecule has 0 aliphatic carbocycles. The lowest BCUT2D eigenvalue weighted by molar-refractivity contribution is 0.0246. The van der Waals surface area contributed by atoms with Gasteiger partial charge in [0.1, 0.15) is 5.75 Å². The second-order valence-electron chi connectivity index (χ2n) is 4.76. The van der Waals surface area contributed by atoms with Crippen LogP contribution >= 0.6 is 0 Å². The van der Waals surface area contributed by atoms with Gasteiger partial charge >= 0.3 is 0 Å². The van der Waals surface area contributed by atoms with Gasteiger partial charge < -0.3 is 20.3 Å². The van der Waals surface area contributed by atoms with Crippen LogP contribution in [0.5, 0.6) is 5.75 Å². The lowest BCUT2D eigenvalue weighted by Gasteiger charge is -2.23. The maximum absolute atomic E-state index is 10.0. The first-order valence-corrected chi connectivity index (χ1v) is 6.02. The quantitative estimate of drug-likeness (QED) is 0.676. The van der Waals surface area contributed by atoms with E-state index in [4.69, 9.17) is 4.74 Å². The Morgan fingerprint density at radius 1 is 1.44 bits per heavy atom. The summed E-state index contributed by atoms with van der Waals surface area (Å²) < 4.78 is 4.94. The van der Waals surface area contributed by atoms with Crippen LogP contribution in [0.15, 0.2) is 12.1 Å². The summed E-state index contributed by atoms with van der Waals surface area (Å²) >= 11 is 0. The van der Waals surface area contributed by atoms with Gasteiger partial charge in [0.05, 0.1) is 11.3 Å². The van der Waals surface area contributed by atoms with Crippen molar-refractivity contribution in [3.8, 4) is 5.75 Å². The van der Waals surface area contributed by atoms with Crippen molar-refractivity contribution in [2.24, 2.45) is 0 Å². The first kappa shape index (κ1) is 14.9. The van der Waals surface area contributed by atoms with E-state index in [-0.39, 0.29) is 5.75 Å². The summed E-state index contributed by atoms with van der Waals surface area (Å²) in [4.78, 5) is 4.24. The summed E-state index contributed by atoms with van der Waals surface area (Å²) in [6, 6.07) is 3.38. The van der Waals surface area contributed by atoms with Crippen LogP contribution in [0.1, 0.15) is 24.7 Å². The van der Waals surface area contributed by atoms with Crippen LogP contribution < -0.4 is 5.32 Å². The van der Waals surface area contributed by atoms with Crippen molar-refractivity contribution in [1.82, 2.24) is 10.3 Å². The van der Waals surface area contributed by atoms with E-state index in [2.05, 4.69) is 10.3 Å². The van der Waals surface area contributed by atoms with Crippen molar-refractivity contribution in [2.75, 3.05) is 20.3 Å². The topological polar surface area (TPSA) is 74.6 Å². The highest BCUT2D eigenvalue weighted by molar-refractivity contribution is 5.27. The van der Waals surface area contributed by atoms with E-state index in [0.717, 1.165) is 5.69 Å². The number of hydrogen-bond donors (Lipinski definition) is 3. The standard InChI is InChI=1S/C13H22N2O3/c1-10-4-5-12(16)11(15-10)8-14-9-13(2,17)6-7-18-3/h4-5,14,16-17H,6-9H2,1-3H3. The number of pyridine rings is 1. The minimum Gasteiger partial charge on any atom is -0.506 e. The third kappa shape index (κ3) is 5.00. The molecule has 0 bridgehead atoms. The van der Waals surface area contributed by atoms with Crippen LogP contribution in [0.2, 0.25) is 0 Å². The molecule has 3 N–H and O–H groups in total. The van der Waals surface area contributed by atoms with Crippen molar-refractivity contribution in [2.45, 2.75) is 32.4 Å². The summed E-state index contributed by atoms with van der Waals surface area (Å²) in [6.45, 7) is 4.99. The summed E-state index contributed by atoms with van der Waals surface area (Å²) in [5.74, 6) is 0.171. The molecule has 0 amide bonds. The molecule has 5 nitrogen and oxygen atoms in total. The van der Waals surface area contributed by atoms with Crippen molar-refractivity contribution >= 4 is 0 Å². The van der Waals surface area contributed by atoms with E-state index in [1.165, 1.54) is 0 Å². The van der Waals surface area contributed by atoms with Gasteiger partial charge in [-0.2, -0.15) is 0 Å². The molecule has 0 saturated heterocycles. The average molecular weight is 254 g/mol. The molecule has 1 atom stereocenters. The minimum atomic E-state index is -0.824. The maximum Gasteiger partial charge on any atom is 0.138 e. The highest BCUT2D eigenvalue weighted by Gasteiger charge is 2.19. The fourth-order valence-corrected chi connectivity index (χ4v) is 1.59. The molecule has 1 unspecified atom stereocenters. The molecule has 0 radical (unpaired) electrons. The third-order valence-corrected chi connectivity index (χ3v) is 2.73. The molecule has 1 aromatic rings. The zero-order valence-corrected chi connectivity index (χ0v) is 11.2. The van der Waals surface area contributed by atoms with Crippen molar-refractivity contribution in [3.63, 3.8) is 0 Å². The molecule has 0 saturated carbocycles. The zero-order chi connectivity index (χ0) is 13.6. The molecular weight excluding hydrogens is 232 g/mol. The molecule has 18 heavy (non-hydrogen) atoms. The van der Waals surface area contributed by atoms with Gasteiger partial charge in [0.15, 0.2) is 0 Å². The van der Waals surface area contributed by atoms with Gasteiger partial charge in [0.25, 0.3) is 0 Å². The van der Waals surface area contributed by atoms with Gasteiger partial charge in [-0.05, 0) is 26.0 Å². The predicted molar refractivity (Wildman–Crippen MR) is 69.5 cm³/mol. The number of hydrogen-bond acceptors (Lipinski definition) is 5. The van der Waals surface area contributed by atoms with Gasteiger partial charge in [-0.15, -0.1) is 0 Å². The normalized spacial score (nSPS) is 14.4. The van der Waals surface area contributed by atoms with E-state index in [1.807, 2.05) is 6.92 Å². The molecule has 5 heteroatoms. The Bertz CT molecular complexity index is 380. The second-order valence-corrected chi connectivity index (χ2v) is 4.76. The highest BCUT2D eigenvalue weighted by atomic mass is 16.5. The Balaban J connectivity index is 2.43. The molecule has 0 fully saturated rings. The minimum absolute atomic E-state index is 0.171. The zero-order valence-electron chi connectivity index (χ0n) is 11.2. The van der Waals surface area contributed by atoms with Gasteiger partial charge in [-0.25, -0.2) is 0 Å². The fourth-order valence-electron chi connectivity index (χ4n) is 1.59.